The Kier molecular flexibility index (Phi) is 6.27. The van der Waals surface area contributed by atoms with E-state index in [9.17, 15) is 9.59 Å². The maximum Gasteiger partial charge on any atom is 0.319 e. The predicted octanol–water partition coefficient (Wildman–Crippen LogP) is 1.87. The minimum Gasteiger partial charge on any atom is -0.468 e. The van der Waals surface area contributed by atoms with E-state index in [1.165, 1.54) is 18.9 Å². The van der Waals surface area contributed by atoms with E-state index in [-0.39, 0.29) is 17.1 Å². The van der Waals surface area contributed by atoms with Crippen LogP contribution in [0.1, 0.15) is 26.7 Å². The number of esters is 1. The Bertz CT molecular complexity index is 436. The van der Waals surface area contributed by atoms with Gasteiger partial charge in [0.25, 0.3) is 0 Å². The van der Waals surface area contributed by atoms with Crippen LogP contribution < -0.4 is 5.32 Å². The van der Waals surface area contributed by atoms with Crippen molar-refractivity contribution in [1.29, 1.82) is 0 Å². The van der Waals surface area contributed by atoms with E-state index in [0.717, 1.165) is 0 Å². The van der Waals surface area contributed by atoms with Crippen molar-refractivity contribution >= 4 is 29.5 Å². The molecular formula is C12H17N3O3S. The van der Waals surface area contributed by atoms with Gasteiger partial charge in [-0.15, -0.1) is 10.2 Å². The van der Waals surface area contributed by atoms with E-state index in [1.54, 1.807) is 19.1 Å². The molecule has 1 amide bonds. The lowest BCUT2D eigenvalue weighted by molar-refractivity contribution is -0.140. The van der Waals surface area contributed by atoms with Crippen LogP contribution in [0.15, 0.2) is 17.2 Å². The number of carbonyl (C=O) groups is 2. The summed E-state index contributed by atoms with van der Waals surface area (Å²) in [6.07, 6.45) is 1.03. The molecule has 1 unspecified atom stereocenters. The van der Waals surface area contributed by atoms with E-state index in [1.807, 2.05) is 6.92 Å². The van der Waals surface area contributed by atoms with Gasteiger partial charge in [0.15, 0.2) is 5.82 Å². The first kappa shape index (κ1) is 15.4. The molecule has 0 saturated heterocycles. The van der Waals surface area contributed by atoms with E-state index >= 15 is 0 Å². The van der Waals surface area contributed by atoms with E-state index in [2.05, 4.69) is 15.5 Å². The summed E-state index contributed by atoms with van der Waals surface area (Å²) in [5, 5.41) is 10.8. The van der Waals surface area contributed by atoms with Gasteiger partial charge in [0, 0.05) is 6.42 Å². The van der Waals surface area contributed by atoms with E-state index in [4.69, 9.17) is 4.74 Å². The molecule has 1 rings (SSSR count). The van der Waals surface area contributed by atoms with Crippen LogP contribution in [-0.2, 0) is 14.3 Å². The van der Waals surface area contributed by atoms with E-state index < -0.39 is 0 Å². The third kappa shape index (κ3) is 4.86. The highest BCUT2D eigenvalue weighted by Crippen LogP contribution is 2.24. The monoisotopic (exact) mass is 283 g/mol. The van der Waals surface area contributed by atoms with Gasteiger partial charge in [-0.2, -0.15) is 0 Å². The Morgan fingerprint density at radius 1 is 1.37 bits per heavy atom. The summed E-state index contributed by atoms with van der Waals surface area (Å²) in [5.41, 5.74) is 0. The molecule has 0 spiro atoms. The standard InChI is InChI=1S/C12H17N3O3S/c1-4-8(12(17)18-3)19-11-7-6-9(14-15-11)13-10(16)5-2/h6-8H,4-5H2,1-3H3,(H,13,14,16). The lowest BCUT2D eigenvalue weighted by Crippen LogP contribution is -2.18. The quantitative estimate of drug-likeness (QED) is 0.634. The number of amides is 1. The topological polar surface area (TPSA) is 81.2 Å². The number of hydrogen-bond donors (Lipinski definition) is 1. The average molecular weight is 283 g/mol. The number of nitrogens with one attached hydrogen (secondary N) is 1. The number of rotatable bonds is 6. The fourth-order valence-corrected chi connectivity index (χ4v) is 2.14. The summed E-state index contributed by atoms with van der Waals surface area (Å²) >= 11 is 1.29. The Hall–Kier alpha value is -1.63. The average Bonchev–Trinajstić information content (AvgIpc) is 2.45. The molecular weight excluding hydrogens is 266 g/mol. The van der Waals surface area contributed by atoms with Gasteiger partial charge in [-0.05, 0) is 18.6 Å². The van der Waals surface area contributed by atoms with Crippen molar-refractivity contribution in [2.45, 2.75) is 37.0 Å². The number of hydrogen-bond acceptors (Lipinski definition) is 6. The van der Waals surface area contributed by atoms with Crippen LogP contribution >= 0.6 is 11.8 Å². The number of methoxy groups -OCH3 is 1. The fraction of sp³-hybridized carbons (Fsp3) is 0.500. The maximum atomic E-state index is 11.5. The number of anilines is 1. The molecule has 104 valence electrons. The lowest BCUT2D eigenvalue weighted by atomic mass is 10.3. The molecule has 0 aliphatic heterocycles. The molecule has 0 radical (unpaired) electrons. The number of ether oxygens (including phenoxy) is 1. The second kappa shape index (κ2) is 7.73. The molecule has 0 aliphatic carbocycles. The van der Waals surface area contributed by atoms with Crippen LogP contribution in [-0.4, -0.2) is 34.4 Å². The van der Waals surface area contributed by atoms with Gasteiger partial charge in [-0.3, -0.25) is 9.59 Å². The summed E-state index contributed by atoms with van der Waals surface area (Å²) in [6, 6.07) is 3.38. The van der Waals surface area contributed by atoms with Crippen LogP contribution in [0.25, 0.3) is 0 Å². The van der Waals surface area contributed by atoms with Crippen molar-refractivity contribution in [2.75, 3.05) is 12.4 Å². The molecule has 0 fully saturated rings. The summed E-state index contributed by atoms with van der Waals surface area (Å²) < 4.78 is 4.70. The molecule has 0 aliphatic rings. The molecule has 1 heterocycles. The largest absolute Gasteiger partial charge is 0.468 e. The molecule has 19 heavy (non-hydrogen) atoms. The molecule has 1 aromatic heterocycles. The zero-order valence-electron chi connectivity index (χ0n) is 11.2. The van der Waals surface area contributed by atoms with Crippen LogP contribution in [0, 0.1) is 0 Å². The lowest BCUT2D eigenvalue weighted by Gasteiger charge is -2.10. The molecule has 1 atom stereocenters. The fourth-order valence-electron chi connectivity index (χ4n) is 1.26. The molecule has 1 N–H and O–H groups in total. The summed E-state index contributed by atoms with van der Waals surface area (Å²) in [5.74, 6) is 0.00989. The van der Waals surface area contributed by atoms with Crippen LogP contribution in [0.4, 0.5) is 5.82 Å². The predicted molar refractivity (Wildman–Crippen MR) is 72.9 cm³/mol. The maximum absolute atomic E-state index is 11.5. The summed E-state index contributed by atoms with van der Waals surface area (Å²) in [4.78, 5) is 22.6. The smallest absolute Gasteiger partial charge is 0.319 e. The number of thioether (sulfide) groups is 1. The highest BCUT2D eigenvalue weighted by atomic mass is 32.2. The normalized spacial score (nSPS) is 11.7. The van der Waals surface area contributed by atoms with Crippen LogP contribution in [0.3, 0.4) is 0 Å². The zero-order valence-corrected chi connectivity index (χ0v) is 12.0. The first-order valence-corrected chi connectivity index (χ1v) is 6.86. The van der Waals surface area contributed by atoms with Crippen LogP contribution in [0.2, 0.25) is 0 Å². The highest BCUT2D eigenvalue weighted by Gasteiger charge is 2.19. The Balaban J connectivity index is 2.65. The molecule has 1 aromatic rings. The van der Waals surface area contributed by atoms with Crippen molar-refractivity contribution in [2.24, 2.45) is 0 Å². The Morgan fingerprint density at radius 3 is 2.58 bits per heavy atom. The van der Waals surface area contributed by atoms with Gasteiger partial charge < -0.3 is 10.1 Å². The minimum atomic E-state index is -0.296. The van der Waals surface area contributed by atoms with Gasteiger partial charge in [0.1, 0.15) is 10.3 Å². The van der Waals surface area contributed by atoms with Crippen molar-refractivity contribution in [1.82, 2.24) is 10.2 Å². The van der Waals surface area contributed by atoms with Gasteiger partial charge in [-0.25, -0.2) is 0 Å². The Morgan fingerprint density at radius 2 is 2.11 bits per heavy atom. The highest BCUT2D eigenvalue weighted by molar-refractivity contribution is 8.00. The van der Waals surface area contributed by atoms with Crippen molar-refractivity contribution < 1.29 is 14.3 Å². The zero-order chi connectivity index (χ0) is 14.3. The molecule has 0 bridgehead atoms. The third-order valence-corrected chi connectivity index (χ3v) is 3.60. The van der Waals surface area contributed by atoms with Crippen molar-refractivity contribution in [3.8, 4) is 0 Å². The molecule has 0 aromatic carbocycles. The minimum absolute atomic E-state index is 0.115. The number of carbonyl (C=O) groups excluding carboxylic acids is 2. The van der Waals surface area contributed by atoms with Crippen LogP contribution in [0.5, 0.6) is 0 Å². The second-order valence-electron chi connectivity index (χ2n) is 3.70. The molecule has 7 heteroatoms. The summed E-state index contributed by atoms with van der Waals surface area (Å²) in [6.45, 7) is 3.66. The van der Waals surface area contributed by atoms with Gasteiger partial charge in [-0.1, -0.05) is 25.6 Å². The van der Waals surface area contributed by atoms with Gasteiger partial charge >= 0.3 is 5.97 Å². The number of nitrogens with zero attached hydrogens (tertiary/aromatic N) is 2. The second-order valence-corrected chi connectivity index (χ2v) is 4.92. The van der Waals surface area contributed by atoms with Crippen molar-refractivity contribution in [3.63, 3.8) is 0 Å². The number of aromatic nitrogens is 2. The molecule has 6 nitrogen and oxygen atoms in total. The van der Waals surface area contributed by atoms with E-state index in [0.29, 0.717) is 23.7 Å². The SMILES string of the molecule is CCC(=O)Nc1ccc(SC(CC)C(=O)OC)nn1. The molecule has 0 saturated carbocycles. The third-order valence-electron chi connectivity index (χ3n) is 2.33. The summed E-state index contributed by atoms with van der Waals surface area (Å²) in [7, 11) is 1.36. The van der Waals surface area contributed by atoms with Gasteiger partial charge in [0.05, 0.1) is 7.11 Å². The van der Waals surface area contributed by atoms with Crippen molar-refractivity contribution in [3.05, 3.63) is 12.1 Å². The first-order valence-electron chi connectivity index (χ1n) is 5.98. The first-order chi connectivity index (χ1) is 9.10. The Labute approximate surface area is 116 Å². The van der Waals surface area contributed by atoms with Gasteiger partial charge in [0.2, 0.25) is 5.91 Å².